The second kappa shape index (κ2) is 5.44. The maximum absolute atomic E-state index is 12.4. The highest BCUT2D eigenvalue weighted by atomic mass is 16.5. The third-order valence-electron chi connectivity index (χ3n) is 3.49. The third kappa shape index (κ3) is 2.42. The summed E-state index contributed by atoms with van der Waals surface area (Å²) in [5.41, 5.74) is 4.52. The summed E-state index contributed by atoms with van der Waals surface area (Å²) in [7, 11) is 0. The molecule has 0 aliphatic carbocycles. The average Bonchev–Trinajstić information content (AvgIpc) is 2.87. The zero-order valence-electron chi connectivity index (χ0n) is 12.1. The Morgan fingerprint density at radius 1 is 1.14 bits per heavy atom. The fourth-order valence-corrected chi connectivity index (χ4v) is 2.57. The maximum atomic E-state index is 12.4. The first-order valence-electron chi connectivity index (χ1n) is 7.05. The number of aromatic nitrogens is 1. The first-order chi connectivity index (χ1) is 10.2. The Labute approximate surface area is 123 Å². The number of benzene rings is 2. The van der Waals surface area contributed by atoms with E-state index in [0.29, 0.717) is 12.2 Å². The van der Waals surface area contributed by atoms with E-state index in [1.807, 2.05) is 56.3 Å². The van der Waals surface area contributed by atoms with Crippen molar-refractivity contribution in [2.75, 3.05) is 6.61 Å². The molecule has 21 heavy (non-hydrogen) atoms. The Morgan fingerprint density at radius 3 is 2.71 bits per heavy atom. The molecule has 0 radical (unpaired) electrons. The van der Waals surface area contributed by atoms with Gasteiger partial charge in [-0.1, -0.05) is 42.0 Å². The van der Waals surface area contributed by atoms with Crippen LogP contribution in [-0.4, -0.2) is 17.6 Å². The summed E-state index contributed by atoms with van der Waals surface area (Å²) in [5.74, 6) is -0.286. The van der Waals surface area contributed by atoms with Crippen LogP contribution in [0.25, 0.3) is 22.2 Å². The molecule has 0 saturated heterocycles. The molecule has 1 heterocycles. The molecule has 0 aliphatic rings. The number of hydrogen-bond donors (Lipinski definition) is 1. The predicted molar refractivity (Wildman–Crippen MR) is 84.4 cm³/mol. The van der Waals surface area contributed by atoms with E-state index in [0.717, 1.165) is 27.7 Å². The Balaban J connectivity index is 2.26. The molecule has 0 spiro atoms. The molecule has 2 aromatic carbocycles. The minimum atomic E-state index is -0.286. The molecule has 0 atom stereocenters. The van der Waals surface area contributed by atoms with Crippen molar-refractivity contribution in [1.29, 1.82) is 0 Å². The van der Waals surface area contributed by atoms with Crippen molar-refractivity contribution in [2.24, 2.45) is 0 Å². The van der Waals surface area contributed by atoms with Crippen LogP contribution in [0.15, 0.2) is 48.5 Å². The fraction of sp³-hybridized carbons (Fsp3) is 0.167. The molecule has 3 heteroatoms. The summed E-state index contributed by atoms with van der Waals surface area (Å²) in [4.78, 5) is 15.7. The molecule has 0 unspecified atom stereocenters. The van der Waals surface area contributed by atoms with Gasteiger partial charge in [0.25, 0.3) is 0 Å². The van der Waals surface area contributed by atoms with Gasteiger partial charge in [0.1, 0.15) is 0 Å². The molecular weight excluding hydrogens is 262 g/mol. The second-order valence-electron chi connectivity index (χ2n) is 5.01. The molecule has 1 N–H and O–H groups in total. The van der Waals surface area contributed by atoms with E-state index < -0.39 is 0 Å². The number of ether oxygens (including phenoxy) is 1. The number of hydrogen-bond acceptors (Lipinski definition) is 2. The van der Waals surface area contributed by atoms with Crippen LogP contribution in [0, 0.1) is 6.92 Å². The molecule has 3 nitrogen and oxygen atoms in total. The topological polar surface area (TPSA) is 42.1 Å². The number of para-hydroxylation sites is 1. The summed E-state index contributed by atoms with van der Waals surface area (Å²) >= 11 is 0. The lowest BCUT2D eigenvalue weighted by atomic mass is 10.0. The van der Waals surface area contributed by atoms with Crippen molar-refractivity contribution in [3.05, 3.63) is 59.7 Å². The van der Waals surface area contributed by atoms with Gasteiger partial charge in [0.15, 0.2) is 0 Å². The van der Waals surface area contributed by atoms with Gasteiger partial charge in [0.05, 0.1) is 17.9 Å². The summed E-state index contributed by atoms with van der Waals surface area (Å²) in [6, 6.07) is 15.9. The molecule has 1 aromatic heterocycles. The van der Waals surface area contributed by atoms with Crippen molar-refractivity contribution in [3.8, 4) is 11.3 Å². The summed E-state index contributed by atoms with van der Waals surface area (Å²) in [6.45, 7) is 4.22. The number of H-pyrrole nitrogens is 1. The Hall–Kier alpha value is -2.55. The van der Waals surface area contributed by atoms with Gasteiger partial charge in [0, 0.05) is 10.9 Å². The van der Waals surface area contributed by atoms with Crippen molar-refractivity contribution in [2.45, 2.75) is 13.8 Å². The lowest BCUT2D eigenvalue weighted by Gasteiger charge is -2.05. The van der Waals surface area contributed by atoms with E-state index >= 15 is 0 Å². The third-order valence-corrected chi connectivity index (χ3v) is 3.49. The predicted octanol–water partition coefficient (Wildman–Crippen LogP) is 4.32. The van der Waals surface area contributed by atoms with Crippen molar-refractivity contribution >= 4 is 16.9 Å². The molecule has 3 aromatic rings. The summed E-state index contributed by atoms with van der Waals surface area (Å²) < 4.78 is 5.23. The van der Waals surface area contributed by atoms with E-state index in [1.165, 1.54) is 0 Å². The van der Waals surface area contributed by atoms with E-state index in [-0.39, 0.29) is 5.97 Å². The molecule has 0 bridgehead atoms. The van der Waals surface area contributed by atoms with Crippen molar-refractivity contribution < 1.29 is 9.53 Å². The lowest BCUT2D eigenvalue weighted by molar-refractivity contribution is 0.0529. The van der Waals surface area contributed by atoms with Crippen LogP contribution < -0.4 is 0 Å². The quantitative estimate of drug-likeness (QED) is 0.725. The molecule has 0 amide bonds. The average molecular weight is 279 g/mol. The van der Waals surface area contributed by atoms with Crippen LogP contribution in [-0.2, 0) is 4.74 Å². The number of carbonyl (C=O) groups excluding carboxylic acids is 1. The van der Waals surface area contributed by atoms with E-state index in [2.05, 4.69) is 11.1 Å². The van der Waals surface area contributed by atoms with Gasteiger partial charge >= 0.3 is 5.97 Å². The number of fused-ring (bicyclic) bond motifs is 1. The van der Waals surface area contributed by atoms with Gasteiger partial charge in [-0.15, -0.1) is 0 Å². The summed E-state index contributed by atoms with van der Waals surface area (Å²) in [6.07, 6.45) is 0. The van der Waals surface area contributed by atoms with Crippen LogP contribution in [0.2, 0.25) is 0 Å². The zero-order chi connectivity index (χ0) is 14.8. The Morgan fingerprint density at radius 2 is 1.95 bits per heavy atom. The van der Waals surface area contributed by atoms with E-state index in [4.69, 9.17) is 4.74 Å². The van der Waals surface area contributed by atoms with Crippen LogP contribution >= 0.6 is 0 Å². The highest BCUT2D eigenvalue weighted by Gasteiger charge is 2.20. The maximum Gasteiger partial charge on any atom is 0.340 e. The summed E-state index contributed by atoms with van der Waals surface area (Å²) in [5, 5.41) is 0.896. The molecule has 3 rings (SSSR count). The normalized spacial score (nSPS) is 10.8. The van der Waals surface area contributed by atoms with E-state index in [1.54, 1.807) is 0 Å². The number of carbonyl (C=O) groups is 1. The minimum Gasteiger partial charge on any atom is -0.462 e. The number of aryl methyl sites for hydroxylation is 1. The van der Waals surface area contributed by atoms with Crippen LogP contribution in [0.5, 0.6) is 0 Å². The zero-order valence-corrected chi connectivity index (χ0v) is 12.1. The van der Waals surface area contributed by atoms with Gasteiger partial charge in [0.2, 0.25) is 0 Å². The molecule has 106 valence electrons. The number of rotatable bonds is 3. The highest BCUT2D eigenvalue weighted by molar-refractivity contribution is 6.10. The lowest BCUT2D eigenvalue weighted by Crippen LogP contribution is -2.05. The Bertz CT molecular complexity index is 802. The van der Waals surface area contributed by atoms with Crippen LogP contribution in [0.3, 0.4) is 0 Å². The van der Waals surface area contributed by atoms with Crippen molar-refractivity contribution in [1.82, 2.24) is 4.98 Å². The van der Waals surface area contributed by atoms with Gasteiger partial charge in [-0.2, -0.15) is 0 Å². The SMILES string of the molecule is CCOC(=O)c1c(-c2cccc(C)c2)[nH]c2ccccc12. The standard InChI is InChI=1S/C18H17NO2/c1-3-21-18(20)16-14-9-4-5-10-15(14)19-17(16)13-8-6-7-12(2)11-13/h4-11,19H,3H2,1-2H3. The molecular formula is C18H17NO2. The number of nitrogens with one attached hydrogen (secondary N) is 1. The first kappa shape index (κ1) is 13.4. The molecule has 0 saturated carbocycles. The second-order valence-corrected chi connectivity index (χ2v) is 5.01. The molecule has 0 aliphatic heterocycles. The van der Waals surface area contributed by atoms with Crippen molar-refractivity contribution in [3.63, 3.8) is 0 Å². The van der Waals surface area contributed by atoms with Crippen LogP contribution in [0.1, 0.15) is 22.8 Å². The highest BCUT2D eigenvalue weighted by Crippen LogP contribution is 2.31. The van der Waals surface area contributed by atoms with Crippen LogP contribution in [0.4, 0.5) is 0 Å². The van der Waals surface area contributed by atoms with E-state index in [9.17, 15) is 4.79 Å². The smallest absolute Gasteiger partial charge is 0.340 e. The number of aromatic amines is 1. The molecule has 0 fully saturated rings. The Kier molecular flexibility index (Phi) is 3.48. The van der Waals surface area contributed by atoms with Gasteiger partial charge in [-0.3, -0.25) is 0 Å². The van der Waals surface area contributed by atoms with Gasteiger partial charge in [-0.25, -0.2) is 4.79 Å². The van der Waals surface area contributed by atoms with Gasteiger partial charge in [-0.05, 0) is 31.5 Å². The minimum absolute atomic E-state index is 0.286. The van der Waals surface area contributed by atoms with Gasteiger partial charge < -0.3 is 9.72 Å². The fourth-order valence-electron chi connectivity index (χ4n) is 2.57. The number of esters is 1. The monoisotopic (exact) mass is 279 g/mol. The first-order valence-corrected chi connectivity index (χ1v) is 7.05. The largest absolute Gasteiger partial charge is 0.462 e.